The van der Waals surface area contributed by atoms with Crippen molar-refractivity contribution in [3.8, 4) is 0 Å². The van der Waals surface area contributed by atoms with Crippen molar-refractivity contribution in [2.75, 3.05) is 5.32 Å². The number of H-pyrrole nitrogens is 1. The molecule has 0 amide bonds. The Morgan fingerprint density at radius 3 is 2.62 bits per heavy atom. The number of carbonyl (C=O) groups excluding carboxylic acids is 1. The van der Waals surface area contributed by atoms with E-state index in [4.69, 9.17) is 0 Å². The van der Waals surface area contributed by atoms with Gasteiger partial charge < -0.3 is 5.32 Å². The minimum atomic E-state index is -0.419. The highest BCUT2D eigenvalue weighted by atomic mass is 16.1. The van der Waals surface area contributed by atoms with Gasteiger partial charge in [-0.3, -0.25) is 9.89 Å². The molecule has 4 nitrogen and oxygen atoms in total. The van der Waals surface area contributed by atoms with Crippen molar-refractivity contribution in [2.45, 2.75) is 45.4 Å². The van der Waals surface area contributed by atoms with E-state index in [1.54, 1.807) is 0 Å². The molecule has 4 rings (SSSR count). The maximum atomic E-state index is 13.2. The summed E-state index contributed by atoms with van der Waals surface area (Å²) in [5.74, 6) is 1.18. The molecule has 2 aromatic rings. The number of aromatic nitrogens is 2. The van der Waals surface area contributed by atoms with Crippen LogP contribution in [0.2, 0.25) is 0 Å². The van der Waals surface area contributed by atoms with Crippen molar-refractivity contribution in [3.63, 3.8) is 0 Å². The van der Waals surface area contributed by atoms with E-state index in [9.17, 15) is 4.79 Å². The number of aromatic amines is 1. The topological polar surface area (TPSA) is 57.8 Å². The zero-order chi connectivity index (χ0) is 16.9. The van der Waals surface area contributed by atoms with Gasteiger partial charge in [-0.1, -0.05) is 51.1 Å². The second-order valence-electron chi connectivity index (χ2n) is 7.70. The molecule has 0 spiro atoms. The molecule has 4 heteroatoms. The summed E-state index contributed by atoms with van der Waals surface area (Å²) in [6.07, 6.45) is 4.17. The molecule has 1 aromatic heterocycles. The minimum absolute atomic E-state index is 0.0173. The number of Topliss-reactive ketones (excluding diaryl/α,β-unsaturated/α-hetero) is 1. The summed E-state index contributed by atoms with van der Waals surface area (Å²) in [6, 6.07) is 10.4. The van der Waals surface area contributed by atoms with Gasteiger partial charge in [-0.2, -0.15) is 5.10 Å². The summed E-state index contributed by atoms with van der Waals surface area (Å²) < 4.78 is 0. The summed E-state index contributed by atoms with van der Waals surface area (Å²) in [5, 5.41) is 10.8. The lowest BCUT2D eigenvalue weighted by Gasteiger charge is -2.45. The summed E-state index contributed by atoms with van der Waals surface area (Å²) in [4.78, 5) is 13.2. The van der Waals surface area contributed by atoms with Crippen LogP contribution in [0.4, 0.5) is 5.82 Å². The van der Waals surface area contributed by atoms with Crippen LogP contribution in [0.3, 0.4) is 0 Å². The van der Waals surface area contributed by atoms with E-state index in [0.717, 1.165) is 41.1 Å². The fraction of sp³-hybridized carbons (Fsp3) is 0.400. The Bertz CT molecular complexity index is 832. The zero-order valence-electron chi connectivity index (χ0n) is 14.4. The van der Waals surface area contributed by atoms with Gasteiger partial charge in [0, 0.05) is 23.3 Å². The number of ketones is 1. The highest BCUT2D eigenvalue weighted by Crippen LogP contribution is 2.53. The molecule has 1 aromatic carbocycles. The standard InChI is InChI=1S/C20H23N3O/c1-4-20(13-8-6-5-7-9-13)14-12-21-23-18(14)22-15-10-19(2,3)11-16(24)17(15)20/h5-9,12H,4,10-11H2,1-3H3,(H2,21,22,23)/t20-/m0/s1. The number of nitrogens with one attached hydrogen (secondary N) is 2. The summed E-state index contributed by atoms with van der Waals surface area (Å²) in [5.41, 5.74) is 3.79. The molecule has 2 heterocycles. The van der Waals surface area contributed by atoms with Crippen LogP contribution in [0.5, 0.6) is 0 Å². The van der Waals surface area contributed by atoms with Crippen LogP contribution < -0.4 is 5.32 Å². The number of nitrogens with zero attached hydrogens (tertiary/aromatic N) is 1. The van der Waals surface area contributed by atoms with Crippen molar-refractivity contribution in [1.82, 2.24) is 10.2 Å². The Hall–Kier alpha value is -2.36. The zero-order valence-corrected chi connectivity index (χ0v) is 14.4. The Kier molecular flexibility index (Phi) is 3.21. The highest BCUT2D eigenvalue weighted by Gasteiger charge is 2.49. The summed E-state index contributed by atoms with van der Waals surface area (Å²) >= 11 is 0. The van der Waals surface area contributed by atoms with E-state index < -0.39 is 5.41 Å². The third-order valence-electron chi connectivity index (χ3n) is 5.47. The minimum Gasteiger partial charge on any atom is -0.343 e. The van der Waals surface area contributed by atoms with Crippen LogP contribution in [-0.2, 0) is 10.2 Å². The van der Waals surface area contributed by atoms with E-state index in [0.29, 0.717) is 6.42 Å². The van der Waals surface area contributed by atoms with Crippen molar-refractivity contribution >= 4 is 11.6 Å². The predicted molar refractivity (Wildman–Crippen MR) is 94.8 cm³/mol. The quantitative estimate of drug-likeness (QED) is 0.872. The molecule has 0 fully saturated rings. The largest absolute Gasteiger partial charge is 0.343 e. The molecule has 1 atom stereocenters. The maximum Gasteiger partial charge on any atom is 0.162 e. The fourth-order valence-corrected chi connectivity index (χ4v) is 4.51. The van der Waals surface area contributed by atoms with Crippen molar-refractivity contribution in [1.29, 1.82) is 0 Å². The van der Waals surface area contributed by atoms with Crippen LogP contribution in [-0.4, -0.2) is 16.0 Å². The van der Waals surface area contributed by atoms with Crippen LogP contribution in [0.25, 0.3) is 0 Å². The molecule has 0 unspecified atom stereocenters. The lowest BCUT2D eigenvalue weighted by molar-refractivity contribution is -0.118. The lowest BCUT2D eigenvalue weighted by atomic mass is 9.60. The van der Waals surface area contributed by atoms with Gasteiger partial charge in [0.2, 0.25) is 0 Å². The van der Waals surface area contributed by atoms with Gasteiger partial charge in [-0.05, 0) is 23.8 Å². The van der Waals surface area contributed by atoms with Gasteiger partial charge in [0.05, 0.1) is 11.6 Å². The Labute approximate surface area is 142 Å². The van der Waals surface area contributed by atoms with E-state index in [-0.39, 0.29) is 11.2 Å². The van der Waals surface area contributed by atoms with Gasteiger partial charge in [-0.15, -0.1) is 0 Å². The molecule has 0 saturated carbocycles. The van der Waals surface area contributed by atoms with Gasteiger partial charge >= 0.3 is 0 Å². The molecule has 24 heavy (non-hydrogen) atoms. The van der Waals surface area contributed by atoms with Gasteiger partial charge in [0.1, 0.15) is 5.82 Å². The molecule has 0 radical (unpaired) electrons. The lowest BCUT2D eigenvalue weighted by Crippen LogP contribution is -2.43. The average molecular weight is 321 g/mol. The third-order valence-corrected chi connectivity index (χ3v) is 5.47. The van der Waals surface area contributed by atoms with E-state index >= 15 is 0 Å². The van der Waals surface area contributed by atoms with E-state index in [2.05, 4.69) is 48.4 Å². The van der Waals surface area contributed by atoms with Crippen molar-refractivity contribution in [3.05, 3.63) is 58.9 Å². The van der Waals surface area contributed by atoms with Crippen molar-refractivity contribution < 1.29 is 4.79 Å². The first-order valence-corrected chi connectivity index (χ1v) is 8.61. The van der Waals surface area contributed by atoms with E-state index in [1.165, 1.54) is 0 Å². The molecular formula is C20H23N3O. The molecule has 1 aliphatic heterocycles. The molecule has 124 valence electrons. The molecule has 0 saturated heterocycles. The predicted octanol–water partition coefficient (Wildman–Crippen LogP) is 4.17. The molecule has 1 aliphatic carbocycles. The molecule has 2 aliphatic rings. The van der Waals surface area contributed by atoms with Crippen LogP contribution in [0, 0.1) is 5.41 Å². The van der Waals surface area contributed by atoms with Gasteiger partial charge in [-0.25, -0.2) is 0 Å². The Morgan fingerprint density at radius 2 is 1.92 bits per heavy atom. The van der Waals surface area contributed by atoms with Gasteiger partial charge in [0.25, 0.3) is 0 Å². The normalized spacial score (nSPS) is 25.0. The van der Waals surface area contributed by atoms with Crippen LogP contribution >= 0.6 is 0 Å². The first kappa shape index (κ1) is 15.2. The van der Waals surface area contributed by atoms with Gasteiger partial charge in [0.15, 0.2) is 5.78 Å². The van der Waals surface area contributed by atoms with Crippen molar-refractivity contribution in [2.24, 2.45) is 5.41 Å². The monoisotopic (exact) mass is 321 g/mol. The van der Waals surface area contributed by atoms with Crippen LogP contribution in [0.1, 0.15) is 51.2 Å². The highest BCUT2D eigenvalue weighted by molar-refractivity contribution is 6.02. The average Bonchev–Trinajstić information content (AvgIpc) is 3.01. The number of rotatable bonds is 2. The van der Waals surface area contributed by atoms with E-state index in [1.807, 2.05) is 24.4 Å². The number of carbonyl (C=O) groups is 1. The smallest absolute Gasteiger partial charge is 0.162 e. The first-order valence-electron chi connectivity index (χ1n) is 8.61. The number of hydrogen-bond donors (Lipinski definition) is 2. The third kappa shape index (κ3) is 1.98. The Balaban J connectivity index is 2.03. The molecular weight excluding hydrogens is 298 g/mol. The van der Waals surface area contributed by atoms with Crippen LogP contribution in [0.15, 0.2) is 47.8 Å². The number of benzene rings is 1. The number of hydrogen-bond acceptors (Lipinski definition) is 3. The molecule has 0 bridgehead atoms. The summed E-state index contributed by atoms with van der Waals surface area (Å²) in [6.45, 7) is 6.48. The first-order chi connectivity index (χ1) is 11.5. The SMILES string of the molecule is CC[C@@]1(c2ccccc2)C2=C(CC(C)(C)CC2=O)Nc2[nH]ncc21. The second kappa shape index (κ2) is 5.07. The molecule has 2 N–H and O–H groups in total. The summed E-state index contributed by atoms with van der Waals surface area (Å²) in [7, 11) is 0. The fourth-order valence-electron chi connectivity index (χ4n) is 4.51. The Morgan fingerprint density at radius 1 is 1.17 bits per heavy atom. The number of anilines is 1. The second-order valence-corrected chi connectivity index (χ2v) is 7.70. The number of fused-ring (bicyclic) bond motifs is 1. The number of allylic oxidation sites excluding steroid dienone is 2. The maximum absolute atomic E-state index is 13.2.